The molecule has 0 aromatic carbocycles. The second-order valence-corrected chi connectivity index (χ2v) is 6.26. The standard InChI is InChI=1S/C17H21N5/c1-14-5-8-20(12-16(14)21-9-6-18-13-21)11-15-10-19-17-4-2-3-7-22(15)17/h2-4,6-7,9-10,13-14,16H,5,8,11-12H2,1H3. The number of fused-ring (bicyclic) bond motifs is 1. The van der Waals surface area contributed by atoms with Crippen LogP contribution in [0.15, 0.2) is 49.3 Å². The first-order valence-corrected chi connectivity index (χ1v) is 7.92. The lowest BCUT2D eigenvalue weighted by molar-refractivity contribution is 0.125. The molecule has 0 N–H and O–H groups in total. The van der Waals surface area contributed by atoms with Crippen molar-refractivity contribution in [3.8, 4) is 0 Å². The highest BCUT2D eigenvalue weighted by molar-refractivity contribution is 5.39. The van der Waals surface area contributed by atoms with Gasteiger partial charge in [-0.3, -0.25) is 4.90 Å². The highest BCUT2D eigenvalue weighted by Crippen LogP contribution is 2.28. The molecule has 1 fully saturated rings. The SMILES string of the molecule is CC1CCN(Cc2cnc3ccccn23)CC1n1ccnc1. The van der Waals surface area contributed by atoms with Crippen LogP contribution in [0.2, 0.25) is 0 Å². The smallest absolute Gasteiger partial charge is 0.136 e. The van der Waals surface area contributed by atoms with E-state index in [1.54, 1.807) is 0 Å². The summed E-state index contributed by atoms with van der Waals surface area (Å²) in [6, 6.07) is 6.65. The monoisotopic (exact) mass is 295 g/mol. The van der Waals surface area contributed by atoms with Crippen LogP contribution in [0.5, 0.6) is 0 Å². The Morgan fingerprint density at radius 2 is 2.23 bits per heavy atom. The molecule has 1 aliphatic heterocycles. The van der Waals surface area contributed by atoms with Crippen LogP contribution >= 0.6 is 0 Å². The number of rotatable bonds is 3. The molecule has 22 heavy (non-hydrogen) atoms. The molecule has 1 aliphatic rings. The Bertz CT molecular complexity index is 745. The van der Waals surface area contributed by atoms with Crippen LogP contribution in [0, 0.1) is 5.92 Å². The van der Waals surface area contributed by atoms with Gasteiger partial charge in [0.2, 0.25) is 0 Å². The molecule has 4 rings (SSSR count). The number of aromatic nitrogens is 4. The van der Waals surface area contributed by atoms with E-state index < -0.39 is 0 Å². The first kappa shape index (κ1) is 13.5. The largest absolute Gasteiger partial charge is 0.333 e. The van der Waals surface area contributed by atoms with Gasteiger partial charge in [-0.25, -0.2) is 9.97 Å². The number of pyridine rings is 1. The number of imidazole rings is 2. The molecule has 0 spiro atoms. The van der Waals surface area contributed by atoms with E-state index >= 15 is 0 Å². The second-order valence-electron chi connectivity index (χ2n) is 6.26. The van der Waals surface area contributed by atoms with E-state index in [1.807, 2.05) is 24.8 Å². The number of likely N-dealkylation sites (tertiary alicyclic amines) is 1. The molecule has 5 heteroatoms. The van der Waals surface area contributed by atoms with Gasteiger partial charge in [-0.05, 0) is 31.0 Å². The van der Waals surface area contributed by atoms with Crippen LogP contribution in [-0.2, 0) is 6.54 Å². The lowest BCUT2D eigenvalue weighted by atomic mass is 9.93. The van der Waals surface area contributed by atoms with Gasteiger partial charge in [-0.1, -0.05) is 13.0 Å². The van der Waals surface area contributed by atoms with E-state index in [-0.39, 0.29) is 0 Å². The van der Waals surface area contributed by atoms with Crippen molar-refractivity contribution in [2.45, 2.75) is 25.9 Å². The van der Waals surface area contributed by atoms with Gasteiger partial charge in [0.25, 0.3) is 0 Å². The van der Waals surface area contributed by atoms with Gasteiger partial charge in [-0.2, -0.15) is 0 Å². The number of hydrogen-bond donors (Lipinski definition) is 0. The van der Waals surface area contributed by atoms with E-state index in [4.69, 9.17) is 0 Å². The van der Waals surface area contributed by atoms with Crippen molar-refractivity contribution < 1.29 is 0 Å². The van der Waals surface area contributed by atoms with E-state index in [9.17, 15) is 0 Å². The van der Waals surface area contributed by atoms with Gasteiger partial charge in [0.05, 0.1) is 18.2 Å². The van der Waals surface area contributed by atoms with E-state index in [1.165, 1.54) is 12.1 Å². The van der Waals surface area contributed by atoms with Crippen LogP contribution in [-0.4, -0.2) is 36.9 Å². The molecular formula is C17H21N5. The van der Waals surface area contributed by atoms with E-state index in [2.05, 4.69) is 55.3 Å². The van der Waals surface area contributed by atoms with E-state index in [0.717, 1.165) is 25.3 Å². The maximum Gasteiger partial charge on any atom is 0.136 e. The van der Waals surface area contributed by atoms with Gasteiger partial charge < -0.3 is 8.97 Å². The number of hydrogen-bond acceptors (Lipinski definition) is 3. The summed E-state index contributed by atoms with van der Waals surface area (Å²) in [7, 11) is 0. The molecule has 114 valence electrons. The molecule has 1 saturated heterocycles. The summed E-state index contributed by atoms with van der Waals surface area (Å²) in [4.78, 5) is 11.2. The quantitative estimate of drug-likeness (QED) is 0.745. The molecule has 3 aromatic rings. The summed E-state index contributed by atoms with van der Waals surface area (Å²) in [6.07, 6.45) is 11.2. The zero-order valence-electron chi connectivity index (χ0n) is 12.8. The molecule has 0 saturated carbocycles. The van der Waals surface area contributed by atoms with Crippen LogP contribution in [0.25, 0.3) is 5.65 Å². The minimum Gasteiger partial charge on any atom is -0.333 e. The normalized spacial score (nSPS) is 23.1. The Balaban J connectivity index is 1.53. The van der Waals surface area contributed by atoms with Gasteiger partial charge in [-0.15, -0.1) is 0 Å². The molecule has 5 nitrogen and oxygen atoms in total. The molecule has 0 amide bonds. The van der Waals surface area contributed by atoms with Crippen LogP contribution < -0.4 is 0 Å². The van der Waals surface area contributed by atoms with Crippen molar-refractivity contribution in [3.63, 3.8) is 0 Å². The van der Waals surface area contributed by atoms with Crippen molar-refractivity contribution in [1.82, 2.24) is 23.8 Å². The van der Waals surface area contributed by atoms with Crippen molar-refractivity contribution in [1.29, 1.82) is 0 Å². The molecule has 4 heterocycles. The average Bonchev–Trinajstić information content (AvgIpc) is 3.20. The van der Waals surface area contributed by atoms with Crippen LogP contribution in [0.1, 0.15) is 25.1 Å². The van der Waals surface area contributed by atoms with E-state index in [0.29, 0.717) is 12.0 Å². The summed E-state index contributed by atoms with van der Waals surface area (Å²) in [5, 5.41) is 0. The third kappa shape index (κ3) is 2.41. The van der Waals surface area contributed by atoms with Crippen molar-refractivity contribution in [2.75, 3.05) is 13.1 Å². The van der Waals surface area contributed by atoms with Crippen LogP contribution in [0.4, 0.5) is 0 Å². The van der Waals surface area contributed by atoms with Crippen molar-refractivity contribution in [2.24, 2.45) is 5.92 Å². The zero-order chi connectivity index (χ0) is 14.9. The summed E-state index contributed by atoms with van der Waals surface area (Å²) >= 11 is 0. The fourth-order valence-corrected chi connectivity index (χ4v) is 3.44. The Morgan fingerprint density at radius 3 is 3.09 bits per heavy atom. The predicted octanol–water partition coefficient (Wildman–Crippen LogP) is 2.61. The Labute approximate surface area is 130 Å². The van der Waals surface area contributed by atoms with Crippen LogP contribution in [0.3, 0.4) is 0 Å². The fourth-order valence-electron chi connectivity index (χ4n) is 3.44. The maximum atomic E-state index is 4.49. The minimum absolute atomic E-state index is 0.510. The Morgan fingerprint density at radius 1 is 1.27 bits per heavy atom. The molecule has 3 aromatic heterocycles. The fraction of sp³-hybridized carbons (Fsp3) is 0.412. The first-order valence-electron chi connectivity index (χ1n) is 7.92. The van der Waals surface area contributed by atoms with Crippen molar-refractivity contribution >= 4 is 5.65 Å². The predicted molar refractivity (Wildman–Crippen MR) is 85.5 cm³/mol. The molecule has 0 radical (unpaired) electrons. The van der Waals surface area contributed by atoms with Gasteiger partial charge >= 0.3 is 0 Å². The Kier molecular flexibility index (Phi) is 3.42. The lowest BCUT2D eigenvalue weighted by Gasteiger charge is -2.37. The number of nitrogens with zero attached hydrogens (tertiary/aromatic N) is 5. The topological polar surface area (TPSA) is 38.4 Å². The highest BCUT2D eigenvalue weighted by Gasteiger charge is 2.27. The van der Waals surface area contributed by atoms with Gasteiger partial charge in [0.1, 0.15) is 5.65 Å². The first-order chi connectivity index (χ1) is 10.8. The molecule has 2 atom stereocenters. The molecule has 0 bridgehead atoms. The van der Waals surface area contributed by atoms with Crippen molar-refractivity contribution in [3.05, 3.63) is 55.0 Å². The molecular weight excluding hydrogens is 274 g/mol. The van der Waals surface area contributed by atoms with Gasteiger partial charge in [0.15, 0.2) is 0 Å². The third-order valence-corrected chi connectivity index (χ3v) is 4.79. The molecule has 2 unspecified atom stereocenters. The highest BCUT2D eigenvalue weighted by atomic mass is 15.2. The summed E-state index contributed by atoms with van der Waals surface area (Å²) < 4.78 is 4.44. The second kappa shape index (κ2) is 5.57. The average molecular weight is 295 g/mol. The summed E-state index contributed by atoms with van der Waals surface area (Å²) in [5.41, 5.74) is 2.28. The Hall–Kier alpha value is -2.14. The molecule has 0 aliphatic carbocycles. The maximum absolute atomic E-state index is 4.49. The zero-order valence-corrected chi connectivity index (χ0v) is 12.8. The lowest BCUT2D eigenvalue weighted by Crippen LogP contribution is -2.40. The third-order valence-electron chi connectivity index (χ3n) is 4.79. The van der Waals surface area contributed by atoms with Gasteiger partial charge in [0, 0.05) is 37.7 Å². The number of piperidine rings is 1. The summed E-state index contributed by atoms with van der Waals surface area (Å²) in [5.74, 6) is 0.688. The summed E-state index contributed by atoms with van der Waals surface area (Å²) in [6.45, 7) is 5.50. The minimum atomic E-state index is 0.510.